The summed E-state index contributed by atoms with van der Waals surface area (Å²) in [6.07, 6.45) is 9.40. The molecule has 1 aromatic heterocycles. The fourth-order valence-corrected chi connectivity index (χ4v) is 2.76. The second-order valence-corrected chi connectivity index (χ2v) is 5.57. The second-order valence-electron chi connectivity index (χ2n) is 4.65. The molecule has 1 fully saturated rings. The van der Waals surface area contributed by atoms with Gasteiger partial charge in [-0.05, 0) is 30.5 Å². The van der Waals surface area contributed by atoms with E-state index < -0.39 is 0 Å². The zero-order chi connectivity index (χ0) is 11.7. The van der Waals surface area contributed by atoms with Crippen LogP contribution in [0.1, 0.15) is 31.7 Å². The number of nitrogens with zero attached hydrogens (tertiary/aromatic N) is 2. The van der Waals surface area contributed by atoms with Crippen molar-refractivity contribution in [2.75, 3.05) is 0 Å². The fourth-order valence-electron chi connectivity index (χ4n) is 2.50. The molecule has 1 aliphatic rings. The lowest BCUT2D eigenvalue weighted by molar-refractivity contribution is 0.467. The van der Waals surface area contributed by atoms with E-state index in [0.717, 1.165) is 4.47 Å². The number of rotatable bonds is 2. The Hall–Kier alpha value is -1.09. The largest absolute Gasteiger partial charge is 0.269 e. The van der Waals surface area contributed by atoms with E-state index in [1.165, 1.54) is 36.8 Å². The van der Waals surface area contributed by atoms with Crippen LogP contribution in [-0.4, -0.2) is 9.78 Å². The van der Waals surface area contributed by atoms with E-state index >= 15 is 0 Å². The molecule has 0 amide bonds. The zero-order valence-electron chi connectivity index (χ0n) is 9.64. The van der Waals surface area contributed by atoms with Gasteiger partial charge in [0.05, 0.1) is 12.2 Å². The van der Waals surface area contributed by atoms with Crippen molar-refractivity contribution in [2.24, 2.45) is 0 Å². The van der Waals surface area contributed by atoms with Crippen LogP contribution in [0.25, 0.3) is 11.1 Å². The van der Waals surface area contributed by atoms with Crippen molar-refractivity contribution in [3.05, 3.63) is 41.1 Å². The fraction of sp³-hybridized carbons (Fsp3) is 0.357. The van der Waals surface area contributed by atoms with E-state index in [1.807, 2.05) is 6.20 Å². The van der Waals surface area contributed by atoms with Crippen molar-refractivity contribution in [1.82, 2.24) is 9.78 Å². The number of hydrogen-bond donors (Lipinski definition) is 0. The highest BCUT2D eigenvalue weighted by molar-refractivity contribution is 9.10. The first kappa shape index (κ1) is 11.0. The van der Waals surface area contributed by atoms with Gasteiger partial charge in [-0.3, -0.25) is 4.68 Å². The van der Waals surface area contributed by atoms with Gasteiger partial charge in [-0.25, -0.2) is 0 Å². The molecule has 0 unspecified atom stereocenters. The van der Waals surface area contributed by atoms with Gasteiger partial charge in [0.1, 0.15) is 0 Å². The minimum absolute atomic E-state index is 0.624. The smallest absolute Gasteiger partial charge is 0.0568 e. The quantitative estimate of drug-likeness (QED) is 0.800. The van der Waals surface area contributed by atoms with E-state index in [4.69, 9.17) is 0 Å². The Morgan fingerprint density at radius 2 is 1.76 bits per heavy atom. The van der Waals surface area contributed by atoms with Crippen LogP contribution < -0.4 is 0 Å². The van der Waals surface area contributed by atoms with Gasteiger partial charge in [0.25, 0.3) is 0 Å². The van der Waals surface area contributed by atoms with Crippen molar-refractivity contribution < 1.29 is 0 Å². The molecule has 1 heterocycles. The van der Waals surface area contributed by atoms with Crippen LogP contribution >= 0.6 is 15.9 Å². The van der Waals surface area contributed by atoms with Gasteiger partial charge in [-0.1, -0.05) is 40.9 Å². The predicted octanol–water partition coefficient (Wildman–Crippen LogP) is 4.43. The molecule has 2 nitrogen and oxygen atoms in total. The highest BCUT2D eigenvalue weighted by Gasteiger charge is 2.17. The summed E-state index contributed by atoms with van der Waals surface area (Å²) in [5.41, 5.74) is 2.45. The first-order valence-corrected chi connectivity index (χ1v) is 6.92. The van der Waals surface area contributed by atoms with Crippen LogP contribution in [0.4, 0.5) is 0 Å². The van der Waals surface area contributed by atoms with Gasteiger partial charge in [0, 0.05) is 16.2 Å². The minimum Gasteiger partial charge on any atom is -0.269 e. The summed E-state index contributed by atoms with van der Waals surface area (Å²) in [5, 5.41) is 4.50. The van der Waals surface area contributed by atoms with Gasteiger partial charge in [-0.2, -0.15) is 5.10 Å². The highest BCUT2D eigenvalue weighted by Crippen LogP contribution is 2.30. The van der Waals surface area contributed by atoms with Crippen LogP contribution in [0.15, 0.2) is 41.1 Å². The van der Waals surface area contributed by atoms with Crippen molar-refractivity contribution >= 4 is 15.9 Å². The Kier molecular flexibility index (Phi) is 3.02. The Morgan fingerprint density at radius 1 is 1.06 bits per heavy atom. The molecule has 0 atom stereocenters. The summed E-state index contributed by atoms with van der Waals surface area (Å²) in [6, 6.07) is 9.02. The number of benzene rings is 1. The summed E-state index contributed by atoms with van der Waals surface area (Å²) in [4.78, 5) is 0. The monoisotopic (exact) mass is 290 g/mol. The maximum absolute atomic E-state index is 4.50. The third-order valence-electron chi connectivity index (χ3n) is 3.48. The first-order valence-electron chi connectivity index (χ1n) is 6.13. The Balaban J connectivity index is 1.86. The number of hydrogen-bond acceptors (Lipinski definition) is 1. The third kappa shape index (κ3) is 2.29. The van der Waals surface area contributed by atoms with Gasteiger partial charge in [0.2, 0.25) is 0 Å². The molecule has 0 saturated heterocycles. The van der Waals surface area contributed by atoms with Gasteiger partial charge in [0.15, 0.2) is 0 Å². The van der Waals surface area contributed by atoms with E-state index in [1.54, 1.807) is 0 Å². The summed E-state index contributed by atoms with van der Waals surface area (Å²) in [6.45, 7) is 0. The SMILES string of the molecule is Brc1ccc(-c2cnn(C3CCCC3)c2)cc1. The Bertz CT molecular complexity index is 495. The van der Waals surface area contributed by atoms with E-state index in [2.05, 4.69) is 56.2 Å². The minimum atomic E-state index is 0.624. The molecule has 0 N–H and O–H groups in total. The Morgan fingerprint density at radius 3 is 2.47 bits per heavy atom. The molecular weight excluding hydrogens is 276 g/mol. The van der Waals surface area contributed by atoms with Crippen LogP contribution in [0.5, 0.6) is 0 Å². The molecule has 2 aromatic rings. The van der Waals surface area contributed by atoms with Crippen LogP contribution in [0.2, 0.25) is 0 Å². The lowest BCUT2D eigenvalue weighted by atomic mass is 10.1. The second kappa shape index (κ2) is 4.65. The lowest BCUT2D eigenvalue weighted by Gasteiger charge is -2.08. The predicted molar refractivity (Wildman–Crippen MR) is 72.9 cm³/mol. The van der Waals surface area contributed by atoms with Crippen molar-refractivity contribution in [2.45, 2.75) is 31.7 Å². The van der Waals surface area contributed by atoms with E-state index in [-0.39, 0.29) is 0 Å². The molecule has 88 valence electrons. The molecule has 1 saturated carbocycles. The summed E-state index contributed by atoms with van der Waals surface area (Å²) in [5.74, 6) is 0. The van der Waals surface area contributed by atoms with Crippen LogP contribution in [-0.2, 0) is 0 Å². The summed E-state index contributed by atoms with van der Waals surface area (Å²) in [7, 11) is 0. The van der Waals surface area contributed by atoms with Crippen LogP contribution in [0.3, 0.4) is 0 Å². The zero-order valence-corrected chi connectivity index (χ0v) is 11.2. The molecule has 3 rings (SSSR count). The normalized spacial score (nSPS) is 16.5. The molecule has 1 aliphatic carbocycles. The molecule has 0 spiro atoms. The molecule has 1 aromatic carbocycles. The van der Waals surface area contributed by atoms with Crippen LogP contribution in [0, 0.1) is 0 Å². The van der Waals surface area contributed by atoms with Crippen molar-refractivity contribution in [3.8, 4) is 11.1 Å². The number of halogens is 1. The third-order valence-corrected chi connectivity index (χ3v) is 4.01. The summed E-state index contributed by atoms with van der Waals surface area (Å²) < 4.78 is 3.26. The number of aromatic nitrogens is 2. The first-order chi connectivity index (χ1) is 8.33. The average molecular weight is 291 g/mol. The topological polar surface area (TPSA) is 17.8 Å². The van der Waals surface area contributed by atoms with E-state index in [9.17, 15) is 0 Å². The van der Waals surface area contributed by atoms with E-state index in [0.29, 0.717) is 6.04 Å². The molecule has 0 radical (unpaired) electrons. The average Bonchev–Trinajstić information content (AvgIpc) is 3.00. The molecule has 0 bridgehead atoms. The molecule has 17 heavy (non-hydrogen) atoms. The maximum Gasteiger partial charge on any atom is 0.0568 e. The van der Waals surface area contributed by atoms with Gasteiger partial charge < -0.3 is 0 Å². The standard InChI is InChI=1S/C14H15BrN2/c15-13-7-5-11(6-8-13)12-9-16-17(10-12)14-3-1-2-4-14/h5-10,14H,1-4H2. The summed E-state index contributed by atoms with van der Waals surface area (Å²) >= 11 is 3.46. The van der Waals surface area contributed by atoms with Crippen molar-refractivity contribution in [3.63, 3.8) is 0 Å². The van der Waals surface area contributed by atoms with Gasteiger partial charge >= 0.3 is 0 Å². The Labute approximate surface area is 110 Å². The lowest BCUT2D eigenvalue weighted by Crippen LogP contribution is -2.04. The highest BCUT2D eigenvalue weighted by atomic mass is 79.9. The van der Waals surface area contributed by atoms with Crippen molar-refractivity contribution in [1.29, 1.82) is 0 Å². The van der Waals surface area contributed by atoms with Gasteiger partial charge in [-0.15, -0.1) is 0 Å². The molecule has 0 aliphatic heterocycles. The molecular formula is C14H15BrN2. The maximum atomic E-state index is 4.50. The molecule has 3 heteroatoms.